The number of carbonyl (C=O) groups is 2. The molecule has 2 aliphatic rings. The minimum absolute atomic E-state index is 0. The Hall–Kier alpha value is -3.20. The fraction of sp³-hybridized carbons (Fsp3) is 0.379. The summed E-state index contributed by atoms with van der Waals surface area (Å²) in [6.45, 7) is 1.10. The largest absolute Gasteiger partial charge is 0.368 e. The lowest BCUT2D eigenvalue weighted by atomic mass is 9.84. The molecular formula is C29H36Cl2N6O2. The molecule has 3 aromatic rings. The summed E-state index contributed by atoms with van der Waals surface area (Å²) in [7, 11) is 0. The number of aromatic nitrogens is 2. The van der Waals surface area contributed by atoms with Crippen LogP contribution in [-0.2, 0) is 22.4 Å². The van der Waals surface area contributed by atoms with Crippen molar-refractivity contribution in [3.8, 4) is 0 Å². The number of hydrogen-bond acceptors (Lipinski definition) is 6. The SMILES string of the molecule is Cl.Cl.Nc1ncc2c(n1)CCC(CNC(=O)[C@@H]1CCCN1C(=O)C(N)C(c1ccccc1)c1ccccc1)C2. The molecule has 1 fully saturated rings. The maximum absolute atomic E-state index is 13.7. The van der Waals surface area contributed by atoms with Gasteiger partial charge < -0.3 is 21.7 Å². The van der Waals surface area contributed by atoms with Crippen molar-refractivity contribution in [3.63, 3.8) is 0 Å². The lowest BCUT2D eigenvalue weighted by molar-refractivity contribution is -0.139. The lowest BCUT2D eigenvalue weighted by Crippen LogP contribution is -2.53. The van der Waals surface area contributed by atoms with Crippen LogP contribution in [0.3, 0.4) is 0 Å². The van der Waals surface area contributed by atoms with E-state index in [1.807, 2.05) is 60.7 Å². The zero-order valence-electron chi connectivity index (χ0n) is 21.7. The van der Waals surface area contributed by atoms with Gasteiger partial charge in [-0.25, -0.2) is 9.97 Å². The predicted molar refractivity (Wildman–Crippen MR) is 157 cm³/mol. The quantitative estimate of drug-likeness (QED) is 0.400. The fourth-order valence-electron chi connectivity index (χ4n) is 5.70. The number of nitrogens with one attached hydrogen (secondary N) is 1. The number of amides is 2. The van der Waals surface area contributed by atoms with Gasteiger partial charge in [0.25, 0.3) is 0 Å². The van der Waals surface area contributed by atoms with Crippen LogP contribution in [0.25, 0.3) is 0 Å². The van der Waals surface area contributed by atoms with Gasteiger partial charge in [-0.15, -0.1) is 24.8 Å². The number of likely N-dealkylation sites (tertiary alicyclic amines) is 1. The molecule has 39 heavy (non-hydrogen) atoms. The molecule has 0 saturated carbocycles. The number of nitrogens with two attached hydrogens (primary N) is 2. The van der Waals surface area contributed by atoms with Crippen LogP contribution < -0.4 is 16.8 Å². The van der Waals surface area contributed by atoms with Crippen LogP contribution in [0, 0.1) is 5.92 Å². The highest BCUT2D eigenvalue weighted by molar-refractivity contribution is 5.91. The molecule has 3 atom stereocenters. The summed E-state index contributed by atoms with van der Waals surface area (Å²) in [6, 6.07) is 18.4. The summed E-state index contributed by atoms with van der Waals surface area (Å²) in [5.74, 6) is 0.0244. The van der Waals surface area contributed by atoms with E-state index in [1.54, 1.807) is 11.1 Å². The number of rotatable bonds is 7. The molecular weight excluding hydrogens is 535 g/mol. The molecule has 10 heteroatoms. The number of benzene rings is 2. The van der Waals surface area contributed by atoms with Crippen molar-refractivity contribution in [1.29, 1.82) is 0 Å². The summed E-state index contributed by atoms with van der Waals surface area (Å²) in [4.78, 5) is 37.1. The van der Waals surface area contributed by atoms with Gasteiger partial charge in [0.15, 0.2) is 0 Å². The molecule has 1 aromatic heterocycles. The van der Waals surface area contributed by atoms with E-state index in [4.69, 9.17) is 11.5 Å². The molecule has 208 valence electrons. The average molecular weight is 572 g/mol. The molecule has 5 N–H and O–H groups in total. The summed E-state index contributed by atoms with van der Waals surface area (Å²) >= 11 is 0. The zero-order valence-corrected chi connectivity index (χ0v) is 23.4. The van der Waals surface area contributed by atoms with Crippen molar-refractivity contribution >= 4 is 42.6 Å². The molecule has 1 saturated heterocycles. The maximum Gasteiger partial charge on any atom is 0.242 e. The van der Waals surface area contributed by atoms with Crippen molar-refractivity contribution in [1.82, 2.24) is 20.2 Å². The standard InChI is InChI=1S/C29H34N6O2.2ClH/c30-26(25(20-8-3-1-4-9-20)21-10-5-2-6-11-21)28(37)35-15-7-12-24(35)27(36)32-17-19-13-14-23-22(16-19)18-33-29(31)34-23;;/h1-6,8-11,18-19,24-26H,7,12-17,30H2,(H,32,36)(H2,31,33,34);2*1H/t19?,24-,26?;;/m0../s1. The Morgan fingerprint density at radius 2 is 1.64 bits per heavy atom. The van der Waals surface area contributed by atoms with Crippen LogP contribution in [0.2, 0.25) is 0 Å². The number of halogens is 2. The van der Waals surface area contributed by atoms with Gasteiger partial charge >= 0.3 is 0 Å². The Balaban J connectivity index is 0.00000210. The third-order valence-corrected chi connectivity index (χ3v) is 7.64. The summed E-state index contributed by atoms with van der Waals surface area (Å²) in [5, 5.41) is 3.11. The molecule has 1 aliphatic heterocycles. The highest BCUT2D eigenvalue weighted by atomic mass is 35.5. The number of nitrogen functional groups attached to an aromatic ring is 1. The van der Waals surface area contributed by atoms with Crippen molar-refractivity contribution in [2.24, 2.45) is 11.7 Å². The zero-order chi connectivity index (χ0) is 25.8. The van der Waals surface area contributed by atoms with Gasteiger partial charge in [-0.05, 0) is 54.7 Å². The Bertz CT molecular complexity index is 1210. The molecule has 2 amide bonds. The first-order chi connectivity index (χ1) is 18.0. The minimum Gasteiger partial charge on any atom is -0.368 e. The van der Waals surface area contributed by atoms with E-state index in [0.717, 1.165) is 48.1 Å². The summed E-state index contributed by atoms with van der Waals surface area (Å²) < 4.78 is 0. The Morgan fingerprint density at radius 3 is 2.28 bits per heavy atom. The smallest absolute Gasteiger partial charge is 0.242 e. The van der Waals surface area contributed by atoms with Gasteiger partial charge in [0.05, 0.1) is 6.04 Å². The first kappa shape index (κ1) is 30.3. The van der Waals surface area contributed by atoms with Crippen LogP contribution in [0.1, 0.15) is 47.6 Å². The Labute approximate surface area is 241 Å². The highest BCUT2D eigenvalue weighted by Crippen LogP contribution is 2.30. The van der Waals surface area contributed by atoms with E-state index in [9.17, 15) is 9.59 Å². The molecule has 2 heterocycles. The van der Waals surface area contributed by atoms with Crippen LogP contribution in [0.5, 0.6) is 0 Å². The van der Waals surface area contributed by atoms with Gasteiger partial charge in [-0.3, -0.25) is 9.59 Å². The third kappa shape index (κ3) is 6.87. The van der Waals surface area contributed by atoms with Crippen LogP contribution in [0.4, 0.5) is 5.95 Å². The van der Waals surface area contributed by atoms with Gasteiger partial charge in [0.1, 0.15) is 6.04 Å². The van der Waals surface area contributed by atoms with E-state index in [0.29, 0.717) is 31.4 Å². The molecule has 0 bridgehead atoms. The van der Waals surface area contributed by atoms with E-state index < -0.39 is 12.1 Å². The average Bonchev–Trinajstić information content (AvgIpc) is 3.43. The molecule has 2 aromatic carbocycles. The Morgan fingerprint density at radius 1 is 1.00 bits per heavy atom. The number of carbonyl (C=O) groups excluding carboxylic acids is 2. The first-order valence-corrected chi connectivity index (χ1v) is 13.0. The summed E-state index contributed by atoms with van der Waals surface area (Å²) in [6.07, 6.45) is 5.79. The van der Waals surface area contributed by atoms with E-state index >= 15 is 0 Å². The number of hydrogen-bond donors (Lipinski definition) is 3. The van der Waals surface area contributed by atoms with Gasteiger partial charge in [-0.2, -0.15) is 0 Å². The normalized spacial score (nSPS) is 18.9. The van der Waals surface area contributed by atoms with Crippen molar-refractivity contribution in [2.45, 2.75) is 50.1 Å². The van der Waals surface area contributed by atoms with Crippen molar-refractivity contribution in [2.75, 3.05) is 18.8 Å². The number of fused-ring (bicyclic) bond motifs is 1. The first-order valence-electron chi connectivity index (χ1n) is 13.0. The van der Waals surface area contributed by atoms with Crippen molar-refractivity contribution in [3.05, 3.63) is 89.2 Å². The minimum atomic E-state index is -0.791. The topological polar surface area (TPSA) is 127 Å². The summed E-state index contributed by atoms with van der Waals surface area (Å²) in [5.41, 5.74) is 16.4. The monoisotopic (exact) mass is 570 g/mol. The molecule has 5 rings (SSSR count). The van der Waals surface area contributed by atoms with Crippen LogP contribution in [0.15, 0.2) is 66.9 Å². The third-order valence-electron chi connectivity index (χ3n) is 7.64. The van der Waals surface area contributed by atoms with E-state index in [2.05, 4.69) is 15.3 Å². The number of nitrogens with zero attached hydrogens (tertiary/aromatic N) is 3. The van der Waals surface area contributed by atoms with Crippen LogP contribution >= 0.6 is 24.8 Å². The molecule has 1 aliphatic carbocycles. The van der Waals surface area contributed by atoms with E-state index in [1.165, 1.54) is 0 Å². The van der Waals surface area contributed by atoms with Gasteiger partial charge in [0.2, 0.25) is 17.8 Å². The second-order valence-corrected chi connectivity index (χ2v) is 10.1. The van der Waals surface area contributed by atoms with Gasteiger partial charge in [-0.1, -0.05) is 60.7 Å². The highest BCUT2D eigenvalue weighted by Gasteiger charge is 2.39. The fourth-order valence-corrected chi connectivity index (χ4v) is 5.70. The second kappa shape index (κ2) is 13.7. The number of anilines is 1. The van der Waals surface area contributed by atoms with Crippen molar-refractivity contribution < 1.29 is 9.59 Å². The molecule has 0 spiro atoms. The van der Waals surface area contributed by atoms with Crippen LogP contribution in [-0.4, -0.2) is 51.9 Å². The number of aryl methyl sites for hydroxylation is 1. The lowest BCUT2D eigenvalue weighted by Gasteiger charge is -2.31. The maximum atomic E-state index is 13.7. The predicted octanol–water partition coefficient (Wildman–Crippen LogP) is 3.27. The second-order valence-electron chi connectivity index (χ2n) is 10.1. The Kier molecular flexibility index (Phi) is 10.7. The van der Waals surface area contributed by atoms with Gasteiger partial charge in [0, 0.05) is 30.9 Å². The molecule has 0 radical (unpaired) electrons. The molecule has 8 nitrogen and oxygen atoms in total. The van der Waals surface area contributed by atoms with E-state index in [-0.39, 0.29) is 42.5 Å². The molecule has 2 unspecified atom stereocenters.